The van der Waals surface area contributed by atoms with Gasteiger partial charge in [0, 0.05) is 29.3 Å². The predicted octanol–water partition coefficient (Wildman–Crippen LogP) is 5.71. The van der Waals surface area contributed by atoms with Gasteiger partial charge < -0.3 is 9.84 Å². The van der Waals surface area contributed by atoms with Crippen LogP contribution in [0.1, 0.15) is 31.4 Å². The summed E-state index contributed by atoms with van der Waals surface area (Å²) in [6.07, 6.45) is 3.94. The van der Waals surface area contributed by atoms with Crippen LogP contribution in [0.5, 0.6) is 0 Å². The maximum Gasteiger partial charge on any atom is 0.329 e. The molecule has 4 rings (SSSR count). The van der Waals surface area contributed by atoms with Crippen molar-refractivity contribution in [2.45, 2.75) is 39.2 Å². The van der Waals surface area contributed by atoms with Gasteiger partial charge in [-0.2, -0.15) is 5.10 Å². The molecule has 0 aliphatic heterocycles. The van der Waals surface area contributed by atoms with Crippen molar-refractivity contribution in [1.29, 1.82) is 0 Å². The molecular formula is C26H28F2N2O3. The summed E-state index contributed by atoms with van der Waals surface area (Å²) in [6, 6.07) is 13.4. The molecule has 0 amide bonds. The number of carboxylic acid groups (broad SMARTS) is 1. The lowest BCUT2D eigenvalue weighted by molar-refractivity contribution is -0.142. The minimum Gasteiger partial charge on any atom is -0.480 e. The molecule has 1 heterocycles. The highest BCUT2D eigenvalue weighted by molar-refractivity contribution is 5.83. The number of aryl methyl sites for hydroxylation is 1. The summed E-state index contributed by atoms with van der Waals surface area (Å²) in [5, 5.41) is 13.5. The number of carboxylic acids is 1. The van der Waals surface area contributed by atoms with E-state index in [1.807, 2.05) is 41.9 Å². The second-order valence-corrected chi connectivity index (χ2v) is 8.78. The second-order valence-electron chi connectivity index (χ2n) is 8.78. The van der Waals surface area contributed by atoms with E-state index < -0.39 is 17.6 Å². The molecular weight excluding hydrogens is 426 g/mol. The van der Waals surface area contributed by atoms with Crippen LogP contribution in [0.3, 0.4) is 0 Å². The number of carbonyl (C=O) groups is 1. The molecule has 7 heteroatoms. The van der Waals surface area contributed by atoms with Gasteiger partial charge in [0.1, 0.15) is 18.2 Å². The van der Waals surface area contributed by atoms with Gasteiger partial charge in [-0.3, -0.25) is 4.68 Å². The van der Waals surface area contributed by atoms with Crippen molar-refractivity contribution in [3.05, 3.63) is 65.9 Å². The summed E-state index contributed by atoms with van der Waals surface area (Å²) in [5.41, 5.74) is 3.51. The molecule has 0 atom stereocenters. The van der Waals surface area contributed by atoms with Gasteiger partial charge in [-0.15, -0.1) is 0 Å². The largest absolute Gasteiger partial charge is 0.480 e. The average molecular weight is 455 g/mol. The number of rotatable bonds is 8. The van der Waals surface area contributed by atoms with Gasteiger partial charge in [0.25, 0.3) is 0 Å². The maximum absolute atomic E-state index is 14.7. The lowest BCUT2D eigenvalue weighted by Crippen LogP contribution is -2.23. The van der Waals surface area contributed by atoms with Gasteiger partial charge in [-0.1, -0.05) is 30.3 Å². The number of hydrogen-bond acceptors (Lipinski definition) is 3. The van der Waals surface area contributed by atoms with Crippen LogP contribution in [0.2, 0.25) is 0 Å². The SMILES string of the molecule is Cc1nn(C[C@H]2CC[C@H](COCC(=O)O)CC2)c(-c2ccccc2)c1-c1ccc(F)cc1F. The molecule has 1 fully saturated rings. The smallest absolute Gasteiger partial charge is 0.329 e. The lowest BCUT2D eigenvalue weighted by atomic mass is 9.82. The van der Waals surface area contributed by atoms with Gasteiger partial charge in [0.15, 0.2) is 0 Å². The molecule has 2 aromatic carbocycles. The van der Waals surface area contributed by atoms with Crippen molar-refractivity contribution in [2.75, 3.05) is 13.2 Å². The molecule has 0 unspecified atom stereocenters. The Balaban J connectivity index is 1.57. The molecule has 1 aliphatic rings. The zero-order valence-electron chi connectivity index (χ0n) is 18.6. The Morgan fingerprint density at radius 2 is 1.79 bits per heavy atom. The molecule has 174 valence electrons. The normalized spacial score (nSPS) is 18.4. The lowest BCUT2D eigenvalue weighted by Gasteiger charge is -2.28. The molecule has 5 nitrogen and oxygen atoms in total. The fourth-order valence-corrected chi connectivity index (χ4v) is 4.76. The van der Waals surface area contributed by atoms with E-state index in [1.54, 1.807) is 0 Å². The van der Waals surface area contributed by atoms with Gasteiger partial charge >= 0.3 is 5.97 Å². The van der Waals surface area contributed by atoms with E-state index in [4.69, 9.17) is 14.9 Å². The highest BCUT2D eigenvalue weighted by Crippen LogP contribution is 2.38. The molecule has 1 saturated carbocycles. The van der Waals surface area contributed by atoms with Gasteiger partial charge in [0.2, 0.25) is 0 Å². The number of benzene rings is 2. The second kappa shape index (κ2) is 10.3. The average Bonchev–Trinajstić information content (AvgIpc) is 3.10. The third-order valence-electron chi connectivity index (χ3n) is 6.35. The first kappa shape index (κ1) is 23.1. The quantitative estimate of drug-likeness (QED) is 0.473. The standard InChI is InChI=1S/C26H28F2N2O3/c1-17-25(22-12-11-21(27)13-23(22)28)26(20-5-3-2-4-6-20)30(29-17)14-18-7-9-19(10-8-18)15-33-16-24(31)32/h2-6,11-13,18-19H,7-10,14-16H2,1H3,(H,31,32)/t18-,19-. The van der Waals surface area contributed by atoms with E-state index >= 15 is 0 Å². The number of halogens is 2. The Bertz CT molecular complexity index is 1110. The van der Waals surface area contributed by atoms with E-state index in [2.05, 4.69) is 0 Å². The third kappa shape index (κ3) is 5.47. The molecule has 3 aromatic rings. The van der Waals surface area contributed by atoms with E-state index in [-0.39, 0.29) is 6.61 Å². The summed E-state index contributed by atoms with van der Waals surface area (Å²) in [6.45, 7) is 2.78. The third-order valence-corrected chi connectivity index (χ3v) is 6.35. The van der Waals surface area contributed by atoms with Gasteiger partial charge in [-0.05, 0) is 56.6 Å². The van der Waals surface area contributed by atoms with Crippen molar-refractivity contribution >= 4 is 5.97 Å². The van der Waals surface area contributed by atoms with Crippen LogP contribution in [-0.4, -0.2) is 34.1 Å². The van der Waals surface area contributed by atoms with Crippen molar-refractivity contribution in [3.8, 4) is 22.4 Å². The maximum atomic E-state index is 14.7. The zero-order chi connectivity index (χ0) is 23.4. The van der Waals surface area contributed by atoms with Gasteiger partial charge in [-0.25, -0.2) is 13.6 Å². The minimum atomic E-state index is -0.945. The van der Waals surface area contributed by atoms with Crippen LogP contribution in [-0.2, 0) is 16.1 Å². The summed E-state index contributed by atoms with van der Waals surface area (Å²) in [4.78, 5) is 10.6. The highest BCUT2D eigenvalue weighted by atomic mass is 19.1. The van der Waals surface area contributed by atoms with E-state index in [0.717, 1.165) is 43.0 Å². The van der Waals surface area contributed by atoms with Crippen molar-refractivity contribution in [2.24, 2.45) is 11.8 Å². The molecule has 1 aromatic heterocycles. The number of aromatic nitrogens is 2. The zero-order valence-corrected chi connectivity index (χ0v) is 18.6. The minimum absolute atomic E-state index is 0.254. The first-order valence-electron chi connectivity index (χ1n) is 11.3. The highest BCUT2D eigenvalue weighted by Gasteiger charge is 2.26. The number of hydrogen-bond donors (Lipinski definition) is 1. The van der Waals surface area contributed by atoms with Crippen molar-refractivity contribution in [1.82, 2.24) is 9.78 Å². The first-order valence-corrected chi connectivity index (χ1v) is 11.3. The predicted molar refractivity (Wildman–Crippen MR) is 122 cm³/mol. The van der Waals surface area contributed by atoms with E-state index in [1.165, 1.54) is 12.1 Å². The van der Waals surface area contributed by atoms with Crippen LogP contribution < -0.4 is 0 Å². The number of nitrogens with zero attached hydrogens (tertiary/aromatic N) is 2. The molecule has 0 spiro atoms. The number of aliphatic carboxylic acids is 1. The van der Waals surface area contributed by atoms with Crippen LogP contribution in [0.25, 0.3) is 22.4 Å². The fourth-order valence-electron chi connectivity index (χ4n) is 4.76. The molecule has 1 N–H and O–H groups in total. The molecule has 0 bridgehead atoms. The Labute approximate surface area is 192 Å². The Morgan fingerprint density at radius 3 is 2.45 bits per heavy atom. The molecule has 1 aliphatic carbocycles. The Hall–Kier alpha value is -3.06. The van der Waals surface area contributed by atoms with Crippen molar-refractivity contribution < 1.29 is 23.4 Å². The summed E-state index contributed by atoms with van der Waals surface area (Å²) in [5.74, 6) is -1.37. The molecule has 33 heavy (non-hydrogen) atoms. The summed E-state index contributed by atoms with van der Waals surface area (Å²) in [7, 11) is 0. The Kier molecular flexibility index (Phi) is 7.18. The van der Waals surface area contributed by atoms with Crippen LogP contribution in [0.4, 0.5) is 8.78 Å². The number of ether oxygens (including phenoxy) is 1. The topological polar surface area (TPSA) is 64.4 Å². The molecule has 0 saturated heterocycles. The molecule has 0 radical (unpaired) electrons. The van der Waals surface area contributed by atoms with E-state index in [9.17, 15) is 13.6 Å². The van der Waals surface area contributed by atoms with Gasteiger partial charge in [0.05, 0.1) is 18.0 Å². The monoisotopic (exact) mass is 454 g/mol. The van der Waals surface area contributed by atoms with Crippen LogP contribution in [0, 0.1) is 30.4 Å². The fraction of sp³-hybridized carbons (Fsp3) is 0.385. The van der Waals surface area contributed by atoms with E-state index in [0.29, 0.717) is 41.8 Å². The summed E-state index contributed by atoms with van der Waals surface area (Å²) >= 11 is 0. The summed E-state index contributed by atoms with van der Waals surface area (Å²) < 4.78 is 35.5. The Morgan fingerprint density at radius 1 is 1.09 bits per heavy atom. The van der Waals surface area contributed by atoms with Crippen LogP contribution in [0.15, 0.2) is 48.5 Å². The van der Waals surface area contributed by atoms with Crippen molar-refractivity contribution in [3.63, 3.8) is 0 Å². The van der Waals surface area contributed by atoms with Crippen LogP contribution >= 0.6 is 0 Å². The first-order chi connectivity index (χ1) is 15.9.